The van der Waals surface area contributed by atoms with Gasteiger partial charge in [0.1, 0.15) is 4.70 Å². The molecule has 0 bridgehead atoms. The van der Waals surface area contributed by atoms with Crippen molar-refractivity contribution in [1.29, 1.82) is 0 Å². The summed E-state index contributed by atoms with van der Waals surface area (Å²) in [5.41, 5.74) is 1.36. The topological polar surface area (TPSA) is 61.3 Å². The molecular formula is C18H18N4O2S. The predicted octanol–water partition coefficient (Wildman–Crippen LogP) is 2.72. The summed E-state index contributed by atoms with van der Waals surface area (Å²) in [6, 6.07) is 11.5. The molecule has 128 valence electrons. The summed E-state index contributed by atoms with van der Waals surface area (Å²) in [6.45, 7) is 3.02. The van der Waals surface area contributed by atoms with Gasteiger partial charge in [-0.2, -0.15) is 0 Å². The van der Waals surface area contributed by atoms with Crippen molar-refractivity contribution in [2.24, 2.45) is 0 Å². The molecule has 0 amide bonds. The molecule has 4 rings (SSSR count). The lowest BCUT2D eigenvalue weighted by atomic mass is 10.2. The molecule has 0 saturated heterocycles. The van der Waals surface area contributed by atoms with Gasteiger partial charge in [0.05, 0.1) is 12.1 Å². The molecule has 0 unspecified atom stereocenters. The van der Waals surface area contributed by atoms with Gasteiger partial charge in [-0.1, -0.05) is 43.7 Å². The van der Waals surface area contributed by atoms with E-state index in [1.165, 1.54) is 16.0 Å². The highest BCUT2D eigenvalue weighted by atomic mass is 32.1. The molecule has 1 aromatic carbocycles. The number of rotatable bonds is 5. The normalized spacial score (nSPS) is 11.6. The van der Waals surface area contributed by atoms with E-state index < -0.39 is 0 Å². The van der Waals surface area contributed by atoms with Crippen molar-refractivity contribution < 1.29 is 0 Å². The van der Waals surface area contributed by atoms with Crippen LogP contribution in [0.5, 0.6) is 0 Å². The number of aryl methyl sites for hydroxylation is 1. The lowest BCUT2D eigenvalue weighted by Crippen LogP contribution is -2.25. The number of fused-ring (bicyclic) bond motifs is 3. The first-order chi connectivity index (χ1) is 12.2. The fraction of sp³-hybridized carbons (Fsp3) is 0.278. The van der Waals surface area contributed by atoms with E-state index in [4.69, 9.17) is 0 Å². The van der Waals surface area contributed by atoms with Crippen molar-refractivity contribution in [1.82, 2.24) is 18.7 Å². The monoisotopic (exact) mass is 354 g/mol. The van der Waals surface area contributed by atoms with Gasteiger partial charge >= 0.3 is 5.69 Å². The fourth-order valence-electron chi connectivity index (χ4n) is 3.01. The van der Waals surface area contributed by atoms with Crippen molar-refractivity contribution in [3.8, 4) is 0 Å². The number of thiophene rings is 1. The molecule has 0 fully saturated rings. The molecule has 0 N–H and O–H groups in total. The van der Waals surface area contributed by atoms with E-state index >= 15 is 0 Å². The number of aromatic nitrogens is 4. The van der Waals surface area contributed by atoms with E-state index in [-0.39, 0.29) is 11.2 Å². The average molecular weight is 354 g/mol. The second-order valence-electron chi connectivity index (χ2n) is 6.01. The molecule has 0 aliphatic carbocycles. The van der Waals surface area contributed by atoms with E-state index in [9.17, 15) is 9.59 Å². The first-order valence-corrected chi connectivity index (χ1v) is 9.22. The summed E-state index contributed by atoms with van der Waals surface area (Å²) >= 11 is 1.37. The largest absolute Gasteiger partial charge is 0.352 e. The van der Waals surface area contributed by atoms with Crippen LogP contribution in [0.1, 0.15) is 25.3 Å². The third-order valence-electron chi connectivity index (χ3n) is 4.30. The molecule has 25 heavy (non-hydrogen) atoms. The van der Waals surface area contributed by atoms with Crippen LogP contribution in [0.3, 0.4) is 0 Å². The summed E-state index contributed by atoms with van der Waals surface area (Å²) in [5.74, 6) is 0.422. The van der Waals surface area contributed by atoms with Crippen molar-refractivity contribution >= 4 is 27.3 Å². The second kappa shape index (κ2) is 6.33. The van der Waals surface area contributed by atoms with Gasteiger partial charge in [-0.3, -0.25) is 9.36 Å². The smallest absolute Gasteiger partial charge is 0.276 e. The molecule has 0 aliphatic rings. The maximum Gasteiger partial charge on any atom is 0.352 e. The third kappa shape index (κ3) is 2.60. The van der Waals surface area contributed by atoms with Gasteiger partial charge in [-0.25, -0.2) is 13.9 Å². The standard InChI is InChI=1S/C18H18N4O2S/c1-2-3-10-20-16(23)15-14(9-11-25-15)22-17(20)19-21(18(22)24)12-13-7-5-4-6-8-13/h4-9,11H,2-3,10,12H2,1H3. The highest BCUT2D eigenvalue weighted by Crippen LogP contribution is 2.17. The van der Waals surface area contributed by atoms with E-state index in [1.807, 2.05) is 41.8 Å². The fourth-order valence-corrected chi connectivity index (χ4v) is 3.84. The molecular weight excluding hydrogens is 336 g/mol. The van der Waals surface area contributed by atoms with Crippen molar-refractivity contribution in [2.75, 3.05) is 0 Å². The van der Waals surface area contributed by atoms with Crippen LogP contribution in [-0.2, 0) is 13.1 Å². The Bertz CT molecular complexity index is 1150. The number of benzene rings is 1. The first kappa shape index (κ1) is 15.8. The Kier molecular flexibility index (Phi) is 4.01. The minimum absolute atomic E-state index is 0.0668. The van der Waals surface area contributed by atoms with Crippen LogP contribution >= 0.6 is 11.3 Å². The molecule has 6 nitrogen and oxygen atoms in total. The predicted molar refractivity (Wildman–Crippen MR) is 99.5 cm³/mol. The van der Waals surface area contributed by atoms with Gasteiger partial charge in [-0.15, -0.1) is 16.4 Å². The van der Waals surface area contributed by atoms with Gasteiger partial charge in [-0.05, 0) is 23.4 Å². The molecule has 0 atom stereocenters. The van der Waals surface area contributed by atoms with Gasteiger partial charge in [0, 0.05) is 6.54 Å². The lowest BCUT2D eigenvalue weighted by Gasteiger charge is -2.06. The van der Waals surface area contributed by atoms with Gasteiger partial charge in [0.2, 0.25) is 5.78 Å². The summed E-state index contributed by atoms with van der Waals surface area (Å²) in [4.78, 5) is 25.7. The SMILES string of the molecule is CCCCn1c(=O)c2sccc2n2c(=O)n(Cc3ccccc3)nc12. The van der Waals surface area contributed by atoms with Crippen LogP contribution in [0, 0.1) is 0 Å². The Morgan fingerprint density at radius 2 is 1.92 bits per heavy atom. The minimum atomic E-state index is -0.215. The Balaban J connectivity index is 1.97. The van der Waals surface area contributed by atoms with Crippen LogP contribution in [0.4, 0.5) is 0 Å². The summed E-state index contributed by atoms with van der Waals surface area (Å²) in [5, 5.41) is 6.33. The van der Waals surface area contributed by atoms with Gasteiger partial charge < -0.3 is 0 Å². The minimum Gasteiger partial charge on any atom is -0.276 e. The summed E-state index contributed by atoms with van der Waals surface area (Å²) < 4.78 is 5.23. The lowest BCUT2D eigenvalue weighted by molar-refractivity contribution is 0.613. The molecule has 0 aliphatic heterocycles. The van der Waals surface area contributed by atoms with Gasteiger partial charge in [0.25, 0.3) is 5.56 Å². The number of hydrogen-bond donors (Lipinski definition) is 0. The molecule has 0 radical (unpaired) electrons. The van der Waals surface area contributed by atoms with E-state index in [2.05, 4.69) is 12.0 Å². The number of unbranched alkanes of at least 4 members (excludes halogenated alkanes) is 1. The van der Waals surface area contributed by atoms with Crippen LogP contribution in [0.15, 0.2) is 51.4 Å². The second-order valence-corrected chi connectivity index (χ2v) is 6.92. The van der Waals surface area contributed by atoms with E-state index in [0.29, 0.717) is 29.1 Å². The molecule has 7 heteroatoms. The number of nitrogens with zero attached hydrogens (tertiary/aromatic N) is 4. The van der Waals surface area contributed by atoms with Crippen LogP contribution in [0.2, 0.25) is 0 Å². The summed E-state index contributed by atoms with van der Waals surface area (Å²) in [7, 11) is 0. The van der Waals surface area contributed by atoms with Crippen LogP contribution in [0.25, 0.3) is 16.0 Å². The zero-order valence-electron chi connectivity index (χ0n) is 13.9. The Morgan fingerprint density at radius 3 is 2.68 bits per heavy atom. The maximum atomic E-state index is 12.9. The third-order valence-corrected chi connectivity index (χ3v) is 5.19. The van der Waals surface area contributed by atoms with Crippen molar-refractivity contribution in [3.05, 3.63) is 68.2 Å². The van der Waals surface area contributed by atoms with E-state index in [1.54, 1.807) is 8.97 Å². The Labute approximate surface area is 147 Å². The first-order valence-electron chi connectivity index (χ1n) is 8.34. The average Bonchev–Trinajstić information content (AvgIpc) is 3.22. The zero-order valence-corrected chi connectivity index (χ0v) is 14.7. The quantitative estimate of drug-likeness (QED) is 0.554. The zero-order chi connectivity index (χ0) is 17.4. The van der Waals surface area contributed by atoms with Crippen molar-refractivity contribution in [3.63, 3.8) is 0 Å². The highest BCUT2D eigenvalue weighted by molar-refractivity contribution is 7.17. The molecule has 4 aromatic rings. The van der Waals surface area contributed by atoms with Gasteiger partial charge in [0.15, 0.2) is 0 Å². The molecule has 3 aromatic heterocycles. The van der Waals surface area contributed by atoms with Crippen LogP contribution < -0.4 is 11.2 Å². The summed E-state index contributed by atoms with van der Waals surface area (Å²) in [6.07, 6.45) is 1.84. The Hall–Kier alpha value is -2.67. The number of hydrogen-bond acceptors (Lipinski definition) is 4. The highest BCUT2D eigenvalue weighted by Gasteiger charge is 2.18. The Morgan fingerprint density at radius 1 is 1.12 bits per heavy atom. The molecule has 0 spiro atoms. The maximum absolute atomic E-state index is 12.9. The van der Waals surface area contributed by atoms with E-state index in [0.717, 1.165) is 18.4 Å². The van der Waals surface area contributed by atoms with Crippen molar-refractivity contribution in [2.45, 2.75) is 32.9 Å². The molecule has 3 heterocycles. The molecule has 0 saturated carbocycles. The van der Waals surface area contributed by atoms with Crippen LogP contribution in [-0.4, -0.2) is 18.7 Å².